The summed E-state index contributed by atoms with van der Waals surface area (Å²) in [5, 5.41) is 8.12. The predicted octanol–water partition coefficient (Wildman–Crippen LogP) is 1.11. The lowest BCUT2D eigenvalue weighted by Crippen LogP contribution is -2.14. The molecule has 0 aliphatic heterocycles. The van der Waals surface area contributed by atoms with Gasteiger partial charge < -0.3 is 14.6 Å². The average molecular weight is 148 g/mol. The van der Waals surface area contributed by atoms with Gasteiger partial charge in [-0.2, -0.15) is 0 Å². The Hall–Kier alpha value is -0.770. The molecule has 0 saturated heterocycles. The Morgan fingerprint density at radius 2 is 2.30 bits per heavy atom. The molecular formula is C6H12O4. The molecule has 0 heterocycles. The predicted molar refractivity (Wildman–Crippen MR) is 35.1 cm³/mol. The number of carbonyl (C=O) groups is 1. The highest BCUT2D eigenvalue weighted by Crippen LogP contribution is 1.96. The number of hydrogen-bond donors (Lipinski definition) is 1. The average Bonchev–Trinajstić information content (AvgIpc) is 1.82. The maximum Gasteiger partial charge on any atom is 0.506 e. The molecule has 0 aliphatic carbocycles. The molecule has 1 unspecified atom stereocenters. The molecule has 0 aliphatic rings. The Labute approximate surface area is 59.7 Å². The highest BCUT2D eigenvalue weighted by atomic mass is 16.7. The summed E-state index contributed by atoms with van der Waals surface area (Å²) in [4.78, 5) is 9.91. The van der Waals surface area contributed by atoms with Gasteiger partial charge in [0.15, 0.2) is 0 Å². The zero-order chi connectivity index (χ0) is 7.98. The first-order valence-electron chi connectivity index (χ1n) is 3.05. The molecule has 60 valence electrons. The number of methoxy groups -OCH3 is 1. The summed E-state index contributed by atoms with van der Waals surface area (Å²) in [7, 11) is 1.56. The van der Waals surface area contributed by atoms with Gasteiger partial charge in [0.25, 0.3) is 0 Å². The van der Waals surface area contributed by atoms with E-state index in [1.54, 1.807) is 14.0 Å². The van der Waals surface area contributed by atoms with Crippen molar-refractivity contribution < 1.29 is 19.4 Å². The van der Waals surface area contributed by atoms with Crippen molar-refractivity contribution in [2.75, 3.05) is 13.7 Å². The molecule has 0 saturated carbocycles. The fourth-order valence-electron chi connectivity index (χ4n) is 0.515. The fourth-order valence-corrected chi connectivity index (χ4v) is 0.515. The Kier molecular flexibility index (Phi) is 4.66. The second kappa shape index (κ2) is 5.05. The van der Waals surface area contributed by atoms with E-state index in [4.69, 9.17) is 9.84 Å². The number of ether oxygens (including phenoxy) is 2. The van der Waals surface area contributed by atoms with E-state index in [0.717, 1.165) is 0 Å². The molecule has 4 heteroatoms. The third kappa shape index (κ3) is 5.37. The summed E-state index contributed by atoms with van der Waals surface area (Å²) in [6.45, 7) is 2.21. The third-order valence-electron chi connectivity index (χ3n) is 1.03. The van der Waals surface area contributed by atoms with Crippen LogP contribution in [0.15, 0.2) is 0 Å². The van der Waals surface area contributed by atoms with Gasteiger partial charge >= 0.3 is 6.16 Å². The number of carboxylic acid groups (broad SMARTS) is 1. The highest BCUT2D eigenvalue weighted by Gasteiger charge is 2.05. The summed E-state index contributed by atoms with van der Waals surface area (Å²) in [5.74, 6) is 0. The normalized spacial score (nSPS) is 12.6. The maximum absolute atomic E-state index is 9.91. The summed E-state index contributed by atoms with van der Waals surface area (Å²) in [6, 6.07) is 0. The van der Waals surface area contributed by atoms with Crippen LogP contribution in [0.25, 0.3) is 0 Å². The van der Waals surface area contributed by atoms with Crippen LogP contribution in [0.5, 0.6) is 0 Å². The van der Waals surface area contributed by atoms with Gasteiger partial charge in [0.05, 0.1) is 0 Å². The van der Waals surface area contributed by atoms with Crippen LogP contribution in [-0.2, 0) is 9.47 Å². The van der Waals surface area contributed by atoms with E-state index in [-0.39, 0.29) is 6.10 Å². The van der Waals surface area contributed by atoms with E-state index < -0.39 is 6.16 Å². The number of hydrogen-bond acceptors (Lipinski definition) is 3. The van der Waals surface area contributed by atoms with Crippen LogP contribution in [-0.4, -0.2) is 31.1 Å². The summed E-state index contributed by atoms with van der Waals surface area (Å²) in [6.07, 6.45) is -0.913. The molecule has 0 radical (unpaired) electrons. The molecule has 1 atom stereocenters. The summed E-state index contributed by atoms with van der Waals surface area (Å²) >= 11 is 0. The lowest BCUT2D eigenvalue weighted by atomic mass is 10.3. The molecule has 0 fully saturated rings. The first-order chi connectivity index (χ1) is 4.66. The molecule has 0 rings (SSSR count). The summed E-state index contributed by atoms with van der Waals surface area (Å²) in [5.41, 5.74) is 0. The molecule has 0 aromatic rings. The molecular weight excluding hydrogens is 136 g/mol. The van der Waals surface area contributed by atoms with Gasteiger partial charge in [-0.1, -0.05) is 0 Å². The van der Waals surface area contributed by atoms with Gasteiger partial charge in [-0.05, 0) is 6.92 Å². The van der Waals surface area contributed by atoms with Gasteiger partial charge in [0.2, 0.25) is 0 Å². The van der Waals surface area contributed by atoms with Crippen molar-refractivity contribution in [1.82, 2.24) is 0 Å². The molecule has 10 heavy (non-hydrogen) atoms. The molecule has 0 spiro atoms. The van der Waals surface area contributed by atoms with Crippen molar-refractivity contribution in [2.24, 2.45) is 0 Å². The van der Waals surface area contributed by atoms with E-state index in [1.807, 2.05) is 0 Å². The first-order valence-corrected chi connectivity index (χ1v) is 3.05. The van der Waals surface area contributed by atoms with E-state index in [0.29, 0.717) is 13.0 Å². The van der Waals surface area contributed by atoms with Crippen molar-refractivity contribution in [3.63, 3.8) is 0 Å². The van der Waals surface area contributed by atoms with E-state index in [2.05, 4.69) is 4.74 Å². The Balaban J connectivity index is 3.25. The largest absolute Gasteiger partial charge is 0.506 e. The van der Waals surface area contributed by atoms with Crippen LogP contribution in [0.1, 0.15) is 13.3 Å². The lowest BCUT2D eigenvalue weighted by molar-refractivity contribution is 0.0440. The smallest absolute Gasteiger partial charge is 0.450 e. The molecule has 4 nitrogen and oxygen atoms in total. The van der Waals surface area contributed by atoms with Gasteiger partial charge in [-0.15, -0.1) is 0 Å². The van der Waals surface area contributed by atoms with Gasteiger partial charge in [-0.3, -0.25) is 0 Å². The Morgan fingerprint density at radius 3 is 2.70 bits per heavy atom. The van der Waals surface area contributed by atoms with Crippen molar-refractivity contribution >= 4 is 6.16 Å². The van der Waals surface area contributed by atoms with E-state index in [1.165, 1.54) is 0 Å². The van der Waals surface area contributed by atoms with Crippen LogP contribution in [0.4, 0.5) is 4.79 Å². The van der Waals surface area contributed by atoms with Crippen LogP contribution in [0.2, 0.25) is 0 Å². The molecule has 0 amide bonds. The minimum Gasteiger partial charge on any atom is -0.450 e. The van der Waals surface area contributed by atoms with Crippen molar-refractivity contribution in [1.29, 1.82) is 0 Å². The SMILES string of the molecule is COCCC(C)OC(=O)O. The highest BCUT2D eigenvalue weighted by molar-refractivity contribution is 5.56. The zero-order valence-corrected chi connectivity index (χ0v) is 6.16. The molecule has 0 aromatic heterocycles. The topological polar surface area (TPSA) is 55.8 Å². The lowest BCUT2D eigenvalue weighted by Gasteiger charge is -2.08. The van der Waals surface area contributed by atoms with Crippen LogP contribution < -0.4 is 0 Å². The zero-order valence-electron chi connectivity index (χ0n) is 6.16. The second-order valence-corrected chi connectivity index (χ2v) is 1.98. The molecule has 0 bridgehead atoms. The standard InChI is InChI=1S/C6H12O4/c1-5(3-4-9-2)10-6(7)8/h5H,3-4H2,1-2H3,(H,7,8). The Morgan fingerprint density at radius 1 is 1.70 bits per heavy atom. The fraction of sp³-hybridized carbons (Fsp3) is 0.833. The van der Waals surface area contributed by atoms with Gasteiger partial charge in [-0.25, -0.2) is 4.79 Å². The minimum absolute atomic E-state index is 0.280. The molecule has 1 N–H and O–H groups in total. The van der Waals surface area contributed by atoms with Crippen LogP contribution in [0.3, 0.4) is 0 Å². The summed E-state index contributed by atoms with van der Waals surface area (Å²) < 4.78 is 9.11. The van der Waals surface area contributed by atoms with Gasteiger partial charge in [0.1, 0.15) is 6.10 Å². The van der Waals surface area contributed by atoms with Crippen molar-refractivity contribution in [3.8, 4) is 0 Å². The van der Waals surface area contributed by atoms with Gasteiger partial charge in [0, 0.05) is 20.1 Å². The quantitative estimate of drug-likeness (QED) is 0.606. The van der Waals surface area contributed by atoms with E-state index >= 15 is 0 Å². The number of rotatable bonds is 4. The van der Waals surface area contributed by atoms with Crippen molar-refractivity contribution in [2.45, 2.75) is 19.4 Å². The van der Waals surface area contributed by atoms with Crippen molar-refractivity contribution in [3.05, 3.63) is 0 Å². The van der Waals surface area contributed by atoms with Crippen LogP contribution in [0, 0.1) is 0 Å². The Bertz CT molecular complexity index is 102. The van der Waals surface area contributed by atoms with Crippen LogP contribution >= 0.6 is 0 Å². The second-order valence-electron chi connectivity index (χ2n) is 1.98. The first kappa shape index (κ1) is 9.23. The third-order valence-corrected chi connectivity index (χ3v) is 1.03. The monoisotopic (exact) mass is 148 g/mol. The maximum atomic E-state index is 9.91. The molecule has 0 aromatic carbocycles. The van der Waals surface area contributed by atoms with E-state index in [9.17, 15) is 4.79 Å². The minimum atomic E-state index is -1.23.